The van der Waals surface area contributed by atoms with E-state index in [1.165, 1.54) is 0 Å². The van der Waals surface area contributed by atoms with Crippen molar-refractivity contribution in [3.05, 3.63) is 36.9 Å². The molecule has 0 unspecified atom stereocenters. The summed E-state index contributed by atoms with van der Waals surface area (Å²) < 4.78 is 6.88. The highest BCUT2D eigenvalue weighted by atomic mass is 16.3. The molecule has 0 aliphatic rings. The molecule has 2 N–H and O–H groups in total. The standard InChI is InChI=1S/C10H8N4O/c11-7-5-12-10-4-8(13-14(10)6-7)9-2-1-3-15-9/h1-6H,11H2. The van der Waals surface area contributed by atoms with E-state index in [0.29, 0.717) is 5.69 Å². The molecule has 0 fully saturated rings. The van der Waals surface area contributed by atoms with Crippen molar-refractivity contribution < 1.29 is 4.42 Å². The SMILES string of the molecule is Nc1cnc2cc(-c3ccco3)nn2c1. The minimum absolute atomic E-state index is 0.580. The molecule has 5 heteroatoms. The molecule has 3 heterocycles. The van der Waals surface area contributed by atoms with Crippen molar-refractivity contribution in [2.45, 2.75) is 0 Å². The number of hydrogen-bond donors (Lipinski definition) is 1. The maximum atomic E-state index is 5.61. The first-order chi connectivity index (χ1) is 7.33. The molecule has 3 aromatic heterocycles. The zero-order chi connectivity index (χ0) is 10.3. The van der Waals surface area contributed by atoms with Crippen molar-refractivity contribution in [2.75, 3.05) is 5.73 Å². The van der Waals surface area contributed by atoms with Crippen LogP contribution in [0.5, 0.6) is 0 Å². The molecular formula is C10H8N4O. The van der Waals surface area contributed by atoms with Crippen molar-refractivity contribution in [1.82, 2.24) is 14.6 Å². The van der Waals surface area contributed by atoms with Crippen LogP contribution in [0.1, 0.15) is 0 Å². The van der Waals surface area contributed by atoms with Gasteiger partial charge in [-0.15, -0.1) is 0 Å². The molecule has 5 nitrogen and oxygen atoms in total. The van der Waals surface area contributed by atoms with E-state index in [9.17, 15) is 0 Å². The summed E-state index contributed by atoms with van der Waals surface area (Å²) in [4.78, 5) is 4.15. The molecule has 0 radical (unpaired) electrons. The maximum absolute atomic E-state index is 5.61. The van der Waals surface area contributed by atoms with Gasteiger partial charge in [-0.25, -0.2) is 9.50 Å². The molecule has 0 spiro atoms. The number of rotatable bonds is 1. The highest BCUT2D eigenvalue weighted by Crippen LogP contribution is 2.19. The molecule has 0 aromatic carbocycles. The highest BCUT2D eigenvalue weighted by Gasteiger charge is 2.06. The van der Waals surface area contributed by atoms with E-state index in [-0.39, 0.29) is 0 Å². The summed E-state index contributed by atoms with van der Waals surface area (Å²) in [6, 6.07) is 5.52. The highest BCUT2D eigenvalue weighted by molar-refractivity contribution is 5.59. The Kier molecular flexibility index (Phi) is 1.53. The second-order valence-corrected chi connectivity index (χ2v) is 3.20. The Bertz CT molecular complexity index is 597. The van der Waals surface area contributed by atoms with E-state index in [1.54, 1.807) is 23.2 Å². The minimum atomic E-state index is 0.580. The van der Waals surface area contributed by atoms with Crippen LogP contribution in [-0.4, -0.2) is 14.6 Å². The molecule has 3 rings (SSSR count). The van der Waals surface area contributed by atoms with E-state index < -0.39 is 0 Å². The number of nitrogens with two attached hydrogens (primary N) is 1. The van der Waals surface area contributed by atoms with Crippen molar-refractivity contribution in [2.24, 2.45) is 0 Å². The van der Waals surface area contributed by atoms with Gasteiger partial charge in [-0.05, 0) is 12.1 Å². The molecule has 15 heavy (non-hydrogen) atoms. The molecule has 74 valence electrons. The normalized spacial score (nSPS) is 10.9. The number of nitrogen functional groups attached to an aromatic ring is 1. The summed E-state index contributed by atoms with van der Waals surface area (Å²) in [5.41, 5.74) is 7.68. The largest absolute Gasteiger partial charge is 0.463 e. The van der Waals surface area contributed by atoms with Gasteiger partial charge in [0.1, 0.15) is 5.69 Å². The van der Waals surface area contributed by atoms with Crippen molar-refractivity contribution >= 4 is 11.3 Å². The topological polar surface area (TPSA) is 69.3 Å². The molecule has 0 amide bonds. The molecule has 0 aliphatic carbocycles. The summed E-state index contributed by atoms with van der Waals surface area (Å²) in [6.45, 7) is 0. The maximum Gasteiger partial charge on any atom is 0.155 e. The van der Waals surface area contributed by atoms with Crippen molar-refractivity contribution in [3.8, 4) is 11.5 Å². The summed E-state index contributed by atoms with van der Waals surface area (Å²) in [7, 11) is 0. The fourth-order valence-electron chi connectivity index (χ4n) is 1.44. The van der Waals surface area contributed by atoms with E-state index in [2.05, 4.69) is 10.1 Å². The van der Waals surface area contributed by atoms with Crippen LogP contribution in [0.15, 0.2) is 41.3 Å². The number of nitrogens with zero attached hydrogens (tertiary/aromatic N) is 3. The number of anilines is 1. The molecule has 0 bridgehead atoms. The Hall–Kier alpha value is -2.30. The van der Waals surface area contributed by atoms with Crippen LogP contribution in [0.2, 0.25) is 0 Å². The van der Waals surface area contributed by atoms with Crippen LogP contribution in [0.4, 0.5) is 5.69 Å². The van der Waals surface area contributed by atoms with Gasteiger partial charge >= 0.3 is 0 Å². The third kappa shape index (κ3) is 1.25. The zero-order valence-corrected chi connectivity index (χ0v) is 7.79. The second kappa shape index (κ2) is 2.84. The fourth-order valence-corrected chi connectivity index (χ4v) is 1.44. The third-order valence-electron chi connectivity index (χ3n) is 2.11. The van der Waals surface area contributed by atoms with Crippen LogP contribution in [0, 0.1) is 0 Å². The molecule has 0 aliphatic heterocycles. The summed E-state index contributed by atoms with van der Waals surface area (Å²) in [5, 5.41) is 4.30. The van der Waals surface area contributed by atoms with Crippen LogP contribution in [0.3, 0.4) is 0 Å². The predicted octanol–water partition coefficient (Wildman–Crippen LogP) is 1.57. The minimum Gasteiger partial charge on any atom is -0.463 e. The van der Waals surface area contributed by atoms with Gasteiger partial charge in [-0.1, -0.05) is 0 Å². The van der Waals surface area contributed by atoms with Crippen LogP contribution < -0.4 is 5.73 Å². The number of fused-ring (bicyclic) bond motifs is 1. The lowest BCUT2D eigenvalue weighted by Gasteiger charge is -1.92. The Balaban J connectivity index is 2.22. The first-order valence-electron chi connectivity index (χ1n) is 4.48. The lowest BCUT2D eigenvalue weighted by Crippen LogP contribution is -1.93. The van der Waals surface area contributed by atoms with Crippen molar-refractivity contribution in [3.63, 3.8) is 0 Å². The van der Waals surface area contributed by atoms with E-state index in [0.717, 1.165) is 17.1 Å². The summed E-state index contributed by atoms with van der Waals surface area (Å²) >= 11 is 0. The Morgan fingerprint density at radius 1 is 1.40 bits per heavy atom. The predicted molar refractivity (Wildman–Crippen MR) is 55.1 cm³/mol. The van der Waals surface area contributed by atoms with E-state index >= 15 is 0 Å². The third-order valence-corrected chi connectivity index (χ3v) is 2.11. The van der Waals surface area contributed by atoms with Gasteiger partial charge in [0, 0.05) is 6.07 Å². The van der Waals surface area contributed by atoms with Gasteiger partial charge < -0.3 is 10.2 Å². The summed E-state index contributed by atoms with van der Waals surface area (Å²) in [5.74, 6) is 0.721. The van der Waals surface area contributed by atoms with Gasteiger partial charge in [-0.3, -0.25) is 0 Å². The first kappa shape index (κ1) is 8.05. The first-order valence-corrected chi connectivity index (χ1v) is 4.48. The Morgan fingerprint density at radius 3 is 3.13 bits per heavy atom. The number of aromatic nitrogens is 3. The lowest BCUT2D eigenvalue weighted by molar-refractivity contribution is 0.579. The van der Waals surface area contributed by atoms with Crippen LogP contribution in [-0.2, 0) is 0 Å². The van der Waals surface area contributed by atoms with Crippen LogP contribution >= 0.6 is 0 Å². The molecule has 3 aromatic rings. The van der Waals surface area contributed by atoms with Crippen molar-refractivity contribution in [1.29, 1.82) is 0 Å². The van der Waals surface area contributed by atoms with E-state index in [1.807, 2.05) is 18.2 Å². The van der Waals surface area contributed by atoms with Gasteiger partial charge in [-0.2, -0.15) is 5.10 Å². The Morgan fingerprint density at radius 2 is 2.33 bits per heavy atom. The molecule has 0 saturated carbocycles. The number of hydrogen-bond acceptors (Lipinski definition) is 4. The smallest absolute Gasteiger partial charge is 0.155 e. The van der Waals surface area contributed by atoms with Crippen LogP contribution in [0.25, 0.3) is 17.1 Å². The molecular weight excluding hydrogens is 192 g/mol. The van der Waals surface area contributed by atoms with E-state index in [4.69, 9.17) is 10.2 Å². The molecule has 0 atom stereocenters. The lowest BCUT2D eigenvalue weighted by atomic mass is 10.3. The quantitative estimate of drug-likeness (QED) is 0.647. The Labute approximate surface area is 85.1 Å². The van der Waals surface area contributed by atoms with Gasteiger partial charge in [0.15, 0.2) is 11.4 Å². The van der Waals surface area contributed by atoms with Gasteiger partial charge in [0.05, 0.1) is 24.3 Å². The average molecular weight is 200 g/mol. The van der Waals surface area contributed by atoms with Gasteiger partial charge in [0.2, 0.25) is 0 Å². The fraction of sp³-hybridized carbons (Fsp3) is 0. The number of furan rings is 1. The molecule has 0 saturated heterocycles. The second-order valence-electron chi connectivity index (χ2n) is 3.20. The summed E-state index contributed by atoms with van der Waals surface area (Å²) in [6.07, 6.45) is 4.93. The van der Waals surface area contributed by atoms with Gasteiger partial charge in [0.25, 0.3) is 0 Å². The monoisotopic (exact) mass is 200 g/mol. The average Bonchev–Trinajstić information content (AvgIpc) is 2.84. The zero-order valence-electron chi connectivity index (χ0n) is 7.79.